The fourth-order valence-corrected chi connectivity index (χ4v) is 2.99. The molecule has 2 unspecified atom stereocenters. The quantitative estimate of drug-likeness (QED) is 0.726. The third-order valence-corrected chi connectivity index (χ3v) is 4.36. The average molecular weight is 269 g/mol. The zero-order chi connectivity index (χ0) is 14.0. The molecule has 0 bridgehead atoms. The number of rotatable bonds is 4. The van der Waals surface area contributed by atoms with Gasteiger partial charge in [-0.1, -0.05) is 12.8 Å². The van der Waals surface area contributed by atoms with Gasteiger partial charge in [0.1, 0.15) is 0 Å². The largest absolute Gasteiger partial charge is 0.379 e. The van der Waals surface area contributed by atoms with Crippen molar-refractivity contribution in [1.29, 1.82) is 0 Å². The average Bonchev–Trinajstić information content (AvgIpc) is 2.97. The molecule has 2 rings (SSSR count). The first-order chi connectivity index (χ1) is 8.95. The van der Waals surface area contributed by atoms with Gasteiger partial charge in [-0.25, -0.2) is 0 Å². The van der Waals surface area contributed by atoms with E-state index < -0.39 is 11.3 Å². The van der Waals surface area contributed by atoms with Crippen molar-refractivity contribution in [2.24, 2.45) is 16.9 Å². The van der Waals surface area contributed by atoms with E-state index in [0.717, 1.165) is 25.7 Å². The van der Waals surface area contributed by atoms with Gasteiger partial charge in [-0.15, -0.1) is 0 Å². The predicted octanol–water partition coefficient (Wildman–Crippen LogP) is -0.393. The summed E-state index contributed by atoms with van der Waals surface area (Å²) in [7, 11) is 0. The normalized spacial score (nSPS) is 31.6. The van der Waals surface area contributed by atoms with Crippen molar-refractivity contribution in [2.45, 2.75) is 44.7 Å². The molecule has 2 fully saturated rings. The second-order valence-corrected chi connectivity index (χ2v) is 5.88. The van der Waals surface area contributed by atoms with Crippen molar-refractivity contribution in [3.05, 3.63) is 0 Å². The molecule has 2 amide bonds. The van der Waals surface area contributed by atoms with Crippen LogP contribution in [0.5, 0.6) is 0 Å². The first-order valence-electron chi connectivity index (χ1n) is 6.88. The molecule has 0 aromatic heterocycles. The van der Waals surface area contributed by atoms with E-state index in [4.69, 9.17) is 16.2 Å². The highest BCUT2D eigenvalue weighted by molar-refractivity contribution is 5.88. The number of hydrogen-bond donors (Lipinski definition) is 2. The van der Waals surface area contributed by atoms with Crippen LogP contribution in [0.15, 0.2) is 0 Å². The molecular weight excluding hydrogens is 246 g/mol. The van der Waals surface area contributed by atoms with Crippen molar-refractivity contribution in [2.75, 3.05) is 19.8 Å². The second-order valence-electron chi connectivity index (χ2n) is 5.88. The molecule has 0 aromatic rings. The fraction of sp³-hybridized carbons (Fsp3) is 0.846. The van der Waals surface area contributed by atoms with Crippen LogP contribution in [0.1, 0.15) is 32.6 Å². The Bertz CT molecular complexity index is 368. The number of ether oxygens (including phenoxy) is 1. The van der Waals surface area contributed by atoms with Crippen LogP contribution in [0.4, 0.5) is 0 Å². The van der Waals surface area contributed by atoms with Crippen LogP contribution >= 0.6 is 0 Å². The topological polar surface area (TPSA) is 98.6 Å². The van der Waals surface area contributed by atoms with Crippen LogP contribution in [0.2, 0.25) is 0 Å². The number of hydrogen-bond acceptors (Lipinski definition) is 4. The lowest BCUT2D eigenvalue weighted by molar-refractivity contribution is -0.146. The van der Waals surface area contributed by atoms with Crippen molar-refractivity contribution >= 4 is 11.8 Å². The van der Waals surface area contributed by atoms with Crippen molar-refractivity contribution in [3.8, 4) is 0 Å². The number of nitrogens with zero attached hydrogens (tertiary/aromatic N) is 1. The van der Waals surface area contributed by atoms with E-state index in [1.807, 2.05) is 6.92 Å². The van der Waals surface area contributed by atoms with Crippen LogP contribution in [-0.4, -0.2) is 48.6 Å². The molecule has 2 atom stereocenters. The van der Waals surface area contributed by atoms with E-state index >= 15 is 0 Å². The lowest BCUT2D eigenvalue weighted by Gasteiger charge is -2.36. The van der Waals surface area contributed by atoms with Gasteiger partial charge in [0.2, 0.25) is 11.8 Å². The van der Waals surface area contributed by atoms with Crippen LogP contribution in [0, 0.1) is 5.41 Å². The van der Waals surface area contributed by atoms with E-state index in [9.17, 15) is 9.59 Å². The number of carbonyl (C=O) groups is 2. The summed E-state index contributed by atoms with van der Waals surface area (Å²) in [6.45, 7) is 2.49. The molecule has 1 aliphatic carbocycles. The molecule has 1 saturated heterocycles. The highest BCUT2D eigenvalue weighted by Crippen LogP contribution is 2.33. The van der Waals surface area contributed by atoms with E-state index in [1.165, 1.54) is 0 Å². The molecule has 6 heteroatoms. The van der Waals surface area contributed by atoms with Crippen LogP contribution in [-0.2, 0) is 14.3 Å². The molecular formula is C13H23N3O3. The van der Waals surface area contributed by atoms with Gasteiger partial charge in [0.05, 0.1) is 25.2 Å². The van der Waals surface area contributed by atoms with Crippen molar-refractivity contribution in [1.82, 2.24) is 4.90 Å². The molecule has 1 heterocycles. The zero-order valence-corrected chi connectivity index (χ0v) is 11.4. The molecule has 1 aliphatic heterocycles. The summed E-state index contributed by atoms with van der Waals surface area (Å²) in [6, 6.07) is -0.207. The summed E-state index contributed by atoms with van der Waals surface area (Å²) in [6.07, 6.45) is 4.05. The van der Waals surface area contributed by atoms with Gasteiger partial charge in [-0.05, 0) is 19.8 Å². The Labute approximate surface area is 113 Å². The lowest BCUT2D eigenvalue weighted by atomic mass is 9.83. The molecule has 2 aliphatic rings. The Kier molecular flexibility index (Phi) is 4.10. The maximum absolute atomic E-state index is 12.8. The monoisotopic (exact) mass is 269 g/mol. The minimum absolute atomic E-state index is 0.0220. The summed E-state index contributed by atoms with van der Waals surface area (Å²) in [5.74, 6) is -0.570. The molecule has 6 nitrogen and oxygen atoms in total. The molecule has 0 radical (unpaired) electrons. The highest BCUT2D eigenvalue weighted by atomic mass is 16.5. The van der Waals surface area contributed by atoms with Gasteiger partial charge in [0, 0.05) is 12.1 Å². The molecule has 0 aromatic carbocycles. The van der Waals surface area contributed by atoms with E-state index in [-0.39, 0.29) is 24.5 Å². The smallest absolute Gasteiger partial charge is 0.237 e. The third kappa shape index (κ3) is 2.74. The van der Waals surface area contributed by atoms with Crippen LogP contribution < -0.4 is 11.5 Å². The molecule has 108 valence electrons. The molecule has 1 saturated carbocycles. The Morgan fingerprint density at radius 1 is 1.37 bits per heavy atom. The highest BCUT2D eigenvalue weighted by Gasteiger charge is 2.48. The number of amides is 2. The second kappa shape index (κ2) is 5.46. The Morgan fingerprint density at radius 3 is 2.47 bits per heavy atom. The Morgan fingerprint density at radius 2 is 2.00 bits per heavy atom. The van der Waals surface area contributed by atoms with Crippen LogP contribution in [0.3, 0.4) is 0 Å². The maximum Gasteiger partial charge on any atom is 0.237 e. The minimum Gasteiger partial charge on any atom is -0.379 e. The number of carbonyl (C=O) groups excluding carboxylic acids is 2. The first kappa shape index (κ1) is 14.3. The summed E-state index contributed by atoms with van der Waals surface area (Å²) in [5, 5.41) is 0. The summed E-state index contributed by atoms with van der Waals surface area (Å²) in [5.41, 5.74) is 10.5. The molecule has 0 spiro atoms. The summed E-state index contributed by atoms with van der Waals surface area (Å²) >= 11 is 0. The maximum atomic E-state index is 12.8. The number of nitrogens with two attached hydrogens (primary N) is 2. The molecule has 19 heavy (non-hydrogen) atoms. The standard InChI is InChI=1S/C13H23N3O3/c1-13(8-19-7-10(13)14)12(18)16(6-11(15)17)9-4-2-3-5-9/h9-10H,2-8,14H2,1H3,(H2,15,17). The third-order valence-electron chi connectivity index (χ3n) is 4.36. The van der Waals surface area contributed by atoms with Gasteiger partial charge >= 0.3 is 0 Å². The molecule has 4 N–H and O–H groups in total. The zero-order valence-electron chi connectivity index (χ0n) is 11.4. The summed E-state index contributed by atoms with van der Waals surface area (Å²) in [4.78, 5) is 25.6. The number of primary amides is 1. The minimum atomic E-state index is -0.738. The van der Waals surface area contributed by atoms with E-state index in [1.54, 1.807) is 4.90 Å². The fourth-order valence-electron chi connectivity index (χ4n) is 2.99. The Hall–Kier alpha value is -1.14. The SMILES string of the molecule is CC1(C(=O)N(CC(N)=O)C2CCCC2)COCC1N. The van der Waals surface area contributed by atoms with E-state index in [2.05, 4.69) is 0 Å². The van der Waals surface area contributed by atoms with Gasteiger partial charge in [0.25, 0.3) is 0 Å². The van der Waals surface area contributed by atoms with Gasteiger partial charge in [-0.3, -0.25) is 9.59 Å². The van der Waals surface area contributed by atoms with Crippen molar-refractivity contribution < 1.29 is 14.3 Å². The van der Waals surface area contributed by atoms with Gasteiger partial charge in [0.15, 0.2) is 0 Å². The van der Waals surface area contributed by atoms with E-state index in [0.29, 0.717) is 13.2 Å². The Balaban J connectivity index is 2.17. The van der Waals surface area contributed by atoms with Gasteiger partial charge in [-0.2, -0.15) is 0 Å². The lowest BCUT2D eigenvalue weighted by Crippen LogP contribution is -2.55. The predicted molar refractivity (Wildman–Crippen MR) is 70.1 cm³/mol. The summed E-state index contributed by atoms with van der Waals surface area (Å²) < 4.78 is 5.32. The van der Waals surface area contributed by atoms with Crippen molar-refractivity contribution in [3.63, 3.8) is 0 Å². The van der Waals surface area contributed by atoms with Gasteiger partial charge < -0.3 is 21.1 Å². The van der Waals surface area contributed by atoms with Crippen LogP contribution in [0.25, 0.3) is 0 Å². The first-order valence-corrected chi connectivity index (χ1v) is 6.88.